The number of ketones is 1. The van der Waals surface area contributed by atoms with E-state index in [0.717, 1.165) is 5.56 Å². The van der Waals surface area contributed by atoms with E-state index in [1.807, 2.05) is 30.3 Å². The van der Waals surface area contributed by atoms with Crippen LogP contribution in [0, 0.1) is 29.1 Å². The van der Waals surface area contributed by atoms with Crippen LogP contribution in [0.1, 0.15) is 46.6 Å². The van der Waals surface area contributed by atoms with Gasteiger partial charge in [-0.05, 0) is 50.3 Å². The first kappa shape index (κ1) is 28.2. The summed E-state index contributed by atoms with van der Waals surface area (Å²) in [6.07, 6.45) is 4.23. The number of aliphatic hydroxyl groups is 3. The van der Waals surface area contributed by atoms with Gasteiger partial charge in [0.15, 0.2) is 5.78 Å². The van der Waals surface area contributed by atoms with Crippen molar-refractivity contribution in [2.24, 2.45) is 29.1 Å². The molecule has 1 aromatic rings. The van der Waals surface area contributed by atoms with E-state index in [0.29, 0.717) is 6.42 Å². The summed E-state index contributed by atoms with van der Waals surface area (Å²) in [5, 5.41) is 37.3. The van der Waals surface area contributed by atoms with Crippen molar-refractivity contribution in [3.05, 3.63) is 60.2 Å². The average molecular weight is 526 g/mol. The Morgan fingerprint density at radius 1 is 1.11 bits per heavy atom. The second kappa shape index (κ2) is 10.1. The quantitative estimate of drug-likeness (QED) is 0.351. The second-order valence-electron chi connectivity index (χ2n) is 11.7. The number of aliphatic hydroxyl groups excluding tert-OH is 1. The molecule has 0 unspecified atom stereocenters. The van der Waals surface area contributed by atoms with Crippen molar-refractivity contribution < 1.29 is 34.4 Å². The maximum atomic E-state index is 14.2. The summed E-state index contributed by atoms with van der Waals surface area (Å²) < 4.78 is 5.79. The van der Waals surface area contributed by atoms with Gasteiger partial charge in [-0.2, -0.15) is 0 Å². The number of ether oxygens (including phenoxy) is 1. The maximum absolute atomic E-state index is 14.2. The Morgan fingerprint density at radius 2 is 1.76 bits per heavy atom. The van der Waals surface area contributed by atoms with Crippen LogP contribution in [0.4, 0.5) is 0 Å². The van der Waals surface area contributed by atoms with Gasteiger partial charge in [0.25, 0.3) is 0 Å². The fraction of sp³-hybridized carbons (Fsp3) is 0.567. The van der Waals surface area contributed by atoms with Gasteiger partial charge in [0.2, 0.25) is 5.91 Å². The Balaban J connectivity index is 1.97. The number of carbonyl (C=O) groups is 3. The number of Topliss-reactive ketones (excluding diaryl/α,β-unsaturated/α-hetero) is 1. The molecular formula is C30H39NO7. The second-order valence-corrected chi connectivity index (χ2v) is 11.7. The lowest BCUT2D eigenvalue weighted by Crippen LogP contribution is -2.68. The van der Waals surface area contributed by atoms with Crippen molar-refractivity contribution in [3.8, 4) is 0 Å². The Morgan fingerprint density at radius 3 is 2.39 bits per heavy atom. The normalized spacial score (nSPS) is 44.7. The summed E-state index contributed by atoms with van der Waals surface area (Å²) in [7, 11) is 0. The molecule has 1 aliphatic heterocycles. The lowest BCUT2D eigenvalue weighted by atomic mass is 9.48. The van der Waals surface area contributed by atoms with Gasteiger partial charge in [-0.25, -0.2) is 0 Å². The van der Waals surface area contributed by atoms with Gasteiger partial charge in [0.1, 0.15) is 17.1 Å². The molecule has 206 valence electrons. The molecule has 2 aliphatic carbocycles. The molecule has 10 atom stereocenters. The molecule has 1 spiro atoms. The molecule has 8 heteroatoms. The van der Waals surface area contributed by atoms with E-state index < -0.39 is 76.2 Å². The molecule has 2 fully saturated rings. The molecule has 1 saturated carbocycles. The first-order valence-electron chi connectivity index (χ1n) is 13.3. The zero-order valence-electron chi connectivity index (χ0n) is 22.6. The van der Waals surface area contributed by atoms with Crippen LogP contribution in [0.25, 0.3) is 0 Å². The van der Waals surface area contributed by atoms with Crippen LogP contribution in [-0.4, -0.2) is 62.4 Å². The fourth-order valence-corrected chi connectivity index (χ4v) is 6.95. The first-order chi connectivity index (χ1) is 17.7. The Hall–Kier alpha value is -2.81. The van der Waals surface area contributed by atoms with Crippen LogP contribution in [-0.2, 0) is 25.5 Å². The fourth-order valence-electron chi connectivity index (χ4n) is 6.95. The van der Waals surface area contributed by atoms with E-state index in [2.05, 4.69) is 5.32 Å². The highest BCUT2D eigenvalue weighted by atomic mass is 16.5. The number of nitrogens with one attached hydrogen (secondary N) is 1. The van der Waals surface area contributed by atoms with Crippen LogP contribution in [0.5, 0.6) is 0 Å². The van der Waals surface area contributed by atoms with E-state index in [1.54, 1.807) is 32.9 Å². The summed E-state index contributed by atoms with van der Waals surface area (Å²) in [6.45, 7) is 7.67. The Kier molecular flexibility index (Phi) is 7.47. The molecular weight excluding hydrogens is 486 g/mol. The first-order valence-corrected chi connectivity index (χ1v) is 13.3. The molecule has 1 saturated heterocycles. The molecule has 0 aromatic heterocycles. The third-order valence-electron chi connectivity index (χ3n) is 9.08. The van der Waals surface area contributed by atoms with Crippen molar-refractivity contribution in [3.63, 3.8) is 0 Å². The number of rotatable bonds is 3. The lowest BCUT2D eigenvalue weighted by molar-refractivity contribution is -0.217. The van der Waals surface area contributed by atoms with Crippen LogP contribution in [0.3, 0.4) is 0 Å². The van der Waals surface area contributed by atoms with E-state index in [9.17, 15) is 29.7 Å². The summed E-state index contributed by atoms with van der Waals surface area (Å²) in [6, 6.07) is 9.21. The molecule has 1 amide bonds. The van der Waals surface area contributed by atoms with Crippen LogP contribution >= 0.6 is 0 Å². The number of hydrogen-bond acceptors (Lipinski definition) is 7. The Labute approximate surface area is 223 Å². The minimum Gasteiger partial charge on any atom is -0.457 e. The number of hydrogen-bond donors (Lipinski definition) is 4. The predicted molar refractivity (Wildman–Crippen MR) is 141 cm³/mol. The van der Waals surface area contributed by atoms with E-state index in [4.69, 9.17) is 4.74 Å². The Bertz CT molecular complexity index is 1140. The molecule has 0 bridgehead atoms. The van der Waals surface area contributed by atoms with E-state index in [1.165, 1.54) is 26.0 Å². The number of carbonyl (C=O) groups excluding carboxylic acids is 3. The lowest BCUT2D eigenvalue weighted by Gasteiger charge is -2.57. The highest BCUT2D eigenvalue weighted by Crippen LogP contribution is 2.60. The van der Waals surface area contributed by atoms with Crippen molar-refractivity contribution in [2.75, 3.05) is 0 Å². The molecule has 1 aromatic carbocycles. The third kappa shape index (κ3) is 4.52. The van der Waals surface area contributed by atoms with E-state index >= 15 is 0 Å². The molecule has 4 N–H and O–H groups in total. The minimum atomic E-state index is -1.86. The number of benzene rings is 1. The number of esters is 1. The van der Waals surface area contributed by atoms with Gasteiger partial charge in [-0.15, -0.1) is 0 Å². The number of amides is 1. The average Bonchev–Trinajstić information content (AvgIpc) is 3.13. The standard InChI is InChI=1S/C30H39NO7/c1-17-10-9-13-21-26(34)29(5,37)18(2)24-22(16-20-11-7-6-8-12-20)31-27(35)30(21,24)23(38-19(3)32)14-15-28(4,36)25(17)33/h6-9,11-15,17-18,21-24,26,34,36-37H,10,16H2,1-5H3,(H,31,35)/b13-9+,15-14+/t17-,18-,21-,22-,23+,24-,26-,28+,29+,30+/m0/s1. The van der Waals surface area contributed by atoms with Crippen LogP contribution in [0.15, 0.2) is 54.6 Å². The van der Waals surface area contributed by atoms with Crippen molar-refractivity contribution in [1.29, 1.82) is 0 Å². The highest BCUT2D eigenvalue weighted by Gasteiger charge is 2.72. The summed E-state index contributed by atoms with van der Waals surface area (Å²) in [5.41, 5.74) is -3.95. The molecule has 8 nitrogen and oxygen atoms in total. The molecule has 38 heavy (non-hydrogen) atoms. The smallest absolute Gasteiger partial charge is 0.303 e. The van der Waals surface area contributed by atoms with Crippen molar-refractivity contribution in [1.82, 2.24) is 5.32 Å². The van der Waals surface area contributed by atoms with Gasteiger partial charge in [-0.3, -0.25) is 14.4 Å². The van der Waals surface area contributed by atoms with Gasteiger partial charge >= 0.3 is 5.97 Å². The monoisotopic (exact) mass is 525 g/mol. The summed E-state index contributed by atoms with van der Waals surface area (Å²) in [5.74, 6) is -4.14. The molecule has 3 aliphatic rings. The zero-order chi connectivity index (χ0) is 28.0. The number of allylic oxidation sites excluding steroid dienone is 1. The van der Waals surface area contributed by atoms with Gasteiger partial charge in [0, 0.05) is 30.7 Å². The topological polar surface area (TPSA) is 133 Å². The van der Waals surface area contributed by atoms with Crippen molar-refractivity contribution >= 4 is 17.7 Å². The highest BCUT2D eigenvalue weighted by molar-refractivity contribution is 5.91. The summed E-state index contributed by atoms with van der Waals surface area (Å²) in [4.78, 5) is 39.6. The van der Waals surface area contributed by atoms with Crippen LogP contribution < -0.4 is 5.32 Å². The van der Waals surface area contributed by atoms with E-state index in [-0.39, 0.29) is 6.42 Å². The minimum absolute atomic E-state index is 0.262. The molecule has 1 heterocycles. The van der Waals surface area contributed by atoms with Gasteiger partial charge < -0.3 is 25.4 Å². The van der Waals surface area contributed by atoms with Gasteiger partial charge in [0.05, 0.1) is 11.7 Å². The van der Waals surface area contributed by atoms with Crippen molar-refractivity contribution in [2.45, 2.75) is 76.9 Å². The third-order valence-corrected chi connectivity index (χ3v) is 9.08. The zero-order valence-corrected chi connectivity index (χ0v) is 22.6. The summed E-state index contributed by atoms with van der Waals surface area (Å²) >= 11 is 0. The largest absolute Gasteiger partial charge is 0.457 e. The van der Waals surface area contributed by atoms with Gasteiger partial charge in [-0.1, -0.05) is 56.3 Å². The molecule has 4 rings (SSSR count). The van der Waals surface area contributed by atoms with Crippen LogP contribution in [0.2, 0.25) is 0 Å². The molecule has 0 radical (unpaired) electrons. The maximum Gasteiger partial charge on any atom is 0.303 e. The SMILES string of the molecule is CC(=O)O[C@@H]1/C=C/[C@@](C)(O)C(=O)[C@@H](C)C/C=C/[C@H]2[C@H](O)[C@](C)(O)[C@@H](C)[C@H]3[C@H](Cc4ccccc4)NC(=O)[C@@]312. The predicted octanol–water partition coefficient (Wildman–Crippen LogP) is 2.11.